The molecule has 1 saturated carbocycles. The van der Waals surface area contributed by atoms with Crippen LogP contribution in [0.15, 0.2) is 54.6 Å². The van der Waals surface area contributed by atoms with Crippen LogP contribution < -0.4 is 10.6 Å². The number of nitrogens with one attached hydrogen (secondary N) is 1. The molecule has 1 aliphatic carbocycles. The minimum Gasteiger partial charge on any atom is -0.348 e. The molecule has 0 bridgehead atoms. The second kappa shape index (κ2) is 8.30. The summed E-state index contributed by atoms with van der Waals surface area (Å²) in [5, 5.41) is 5.41. The van der Waals surface area contributed by atoms with Crippen molar-refractivity contribution in [2.75, 3.05) is 0 Å². The quantitative estimate of drug-likeness (QED) is 0.836. The minimum atomic E-state index is -0.118. The third kappa shape index (κ3) is 4.70. The predicted molar refractivity (Wildman–Crippen MR) is 101 cm³/mol. The largest absolute Gasteiger partial charge is 0.348 e. The molecular weight excluding hydrogens is 308 g/mol. The number of rotatable bonds is 6. The first-order chi connectivity index (χ1) is 12.1. The Hall–Kier alpha value is -2.13. The topological polar surface area (TPSA) is 45.7 Å². The summed E-state index contributed by atoms with van der Waals surface area (Å²) in [6.07, 6.45) is 4.72. The molecule has 3 heteroatoms. The molecule has 1 aliphatic rings. The molecule has 0 heterocycles. The predicted octanol–water partition coefficient (Wildman–Crippen LogP) is 3.10. The van der Waals surface area contributed by atoms with E-state index in [2.05, 4.69) is 66.1 Å². The Labute approximate surface area is 150 Å². The van der Waals surface area contributed by atoms with Crippen molar-refractivity contribution < 1.29 is 10.1 Å². The highest BCUT2D eigenvalue weighted by molar-refractivity contribution is 5.80. The van der Waals surface area contributed by atoms with E-state index >= 15 is 0 Å². The zero-order valence-electron chi connectivity index (χ0n) is 15.2. The van der Waals surface area contributed by atoms with E-state index in [1.807, 2.05) is 13.0 Å². The molecule has 3 rings (SSSR count). The van der Waals surface area contributed by atoms with Crippen molar-refractivity contribution >= 4 is 5.91 Å². The van der Waals surface area contributed by atoms with Gasteiger partial charge in [0.15, 0.2) is 6.04 Å². The maximum absolute atomic E-state index is 12.6. The van der Waals surface area contributed by atoms with Gasteiger partial charge in [-0.25, -0.2) is 0 Å². The lowest BCUT2D eigenvalue weighted by molar-refractivity contribution is -0.704. The van der Waals surface area contributed by atoms with Crippen LogP contribution in [0, 0.1) is 6.92 Å². The van der Waals surface area contributed by atoms with Crippen LogP contribution in [0.5, 0.6) is 0 Å². The van der Waals surface area contributed by atoms with Crippen LogP contribution in [0.3, 0.4) is 0 Å². The van der Waals surface area contributed by atoms with Gasteiger partial charge in [0.1, 0.15) is 6.04 Å². The molecule has 2 atom stereocenters. The third-order valence-electron chi connectivity index (χ3n) is 5.19. The molecule has 132 valence electrons. The number of aryl methyl sites for hydroxylation is 1. The van der Waals surface area contributed by atoms with Gasteiger partial charge in [-0.1, -0.05) is 73.0 Å². The Kier molecular flexibility index (Phi) is 5.87. The van der Waals surface area contributed by atoms with E-state index in [9.17, 15) is 4.79 Å². The monoisotopic (exact) mass is 337 g/mol. The number of nitrogens with two attached hydrogens (primary N) is 1. The van der Waals surface area contributed by atoms with Gasteiger partial charge in [0.2, 0.25) is 0 Å². The maximum atomic E-state index is 12.6. The van der Waals surface area contributed by atoms with Gasteiger partial charge in [-0.3, -0.25) is 4.79 Å². The van der Waals surface area contributed by atoms with Gasteiger partial charge >= 0.3 is 0 Å². The molecule has 0 radical (unpaired) electrons. The van der Waals surface area contributed by atoms with Crippen LogP contribution in [0.25, 0.3) is 0 Å². The Balaban J connectivity index is 1.75. The molecule has 0 aliphatic heterocycles. The van der Waals surface area contributed by atoms with E-state index in [0.29, 0.717) is 6.04 Å². The molecule has 0 saturated heterocycles. The highest BCUT2D eigenvalue weighted by atomic mass is 16.2. The van der Waals surface area contributed by atoms with Crippen LogP contribution in [-0.2, 0) is 4.79 Å². The highest BCUT2D eigenvalue weighted by Gasteiger charge is 2.27. The normalized spacial score (nSPS) is 17.2. The molecule has 2 aromatic rings. The second-order valence-electron chi connectivity index (χ2n) is 7.27. The number of quaternary nitrogens is 1. The van der Waals surface area contributed by atoms with E-state index in [4.69, 9.17) is 0 Å². The average molecular weight is 337 g/mol. The van der Waals surface area contributed by atoms with Crippen LogP contribution in [0.4, 0.5) is 0 Å². The molecular formula is C22H29N2O+. The second-order valence-corrected chi connectivity index (χ2v) is 7.27. The van der Waals surface area contributed by atoms with Crippen molar-refractivity contribution in [2.45, 2.75) is 57.7 Å². The third-order valence-corrected chi connectivity index (χ3v) is 5.19. The Morgan fingerprint density at radius 2 is 1.60 bits per heavy atom. The lowest BCUT2D eigenvalue weighted by Crippen LogP contribution is -2.93. The molecule has 3 N–H and O–H groups in total. The fourth-order valence-corrected chi connectivity index (χ4v) is 3.63. The summed E-state index contributed by atoms with van der Waals surface area (Å²) in [6.45, 7) is 4.11. The van der Waals surface area contributed by atoms with E-state index in [0.717, 1.165) is 12.8 Å². The van der Waals surface area contributed by atoms with Gasteiger partial charge in [-0.05, 0) is 26.7 Å². The summed E-state index contributed by atoms with van der Waals surface area (Å²) in [7, 11) is 0. The van der Waals surface area contributed by atoms with Crippen molar-refractivity contribution in [3.63, 3.8) is 0 Å². The van der Waals surface area contributed by atoms with Gasteiger partial charge in [0.25, 0.3) is 5.91 Å². The number of amides is 1. The Morgan fingerprint density at radius 3 is 2.24 bits per heavy atom. The molecule has 25 heavy (non-hydrogen) atoms. The van der Waals surface area contributed by atoms with Crippen molar-refractivity contribution in [3.05, 3.63) is 71.3 Å². The fourth-order valence-electron chi connectivity index (χ4n) is 3.63. The van der Waals surface area contributed by atoms with Crippen LogP contribution in [0.1, 0.15) is 55.3 Å². The lowest BCUT2D eigenvalue weighted by Gasteiger charge is -2.22. The first kappa shape index (κ1) is 17.7. The number of carbonyl (C=O) groups is 1. The van der Waals surface area contributed by atoms with E-state index in [-0.39, 0.29) is 18.0 Å². The molecule has 1 fully saturated rings. The molecule has 1 amide bonds. The summed E-state index contributed by atoms with van der Waals surface area (Å²) in [4.78, 5) is 12.6. The van der Waals surface area contributed by atoms with Gasteiger partial charge in [0.05, 0.1) is 0 Å². The Morgan fingerprint density at radius 1 is 1.00 bits per heavy atom. The summed E-state index contributed by atoms with van der Waals surface area (Å²) >= 11 is 0. The molecule has 0 unspecified atom stereocenters. The Bertz CT molecular complexity index is 675. The number of carbonyl (C=O) groups excluding carboxylic acids is 1. The molecule has 2 aromatic carbocycles. The van der Waals surface area contributed by atoms with E-state index in [1.54, 1.807) is 0 Å². The smallest absolute Gasteiger partial charge is 0.278 e. The van der Waals surface area contributed by atoms with Gasteiger partial charge < -0.3 is 10.6 Å². The molecule has 3 nitrogen and oxygen atoms in total. The van der Waals surface area contributed by atoms with Crippen LogP contribution in [0.2, 0.25) is 0 Å². The zero-order chi connectivity index (χ0) is 17.6. The van der Waals surface area contributed by atoms with Crippen molar-refractivity contribution in [1.29, 1.82) is 0 Å². The van der Waals surface area contributed by atoms with Gasteiger partial charge in [-0.15, -0.1) is 0 Å². The SMILES string of the molecule is Cc1ccc([C@H]([NH2+][C@H](C)C(=O)NC2CCCC2)c2ccccc2)cc1. The van der Waals surface area contributed by atoms with Gasteiger partial charge in [-0.2, -0.15) is 0 Å². The van der Waals surface area contributed by atoms with E-state index in [1.165, 1.54) is 29.5 Å². The highest BCUT2D eigenvalue weighted by Crippen LogP contribution is 2.20. The van der Waals surface area contributed by atoms with Crippen LogP contribution >= 0.6 is 0 Å². The van der Waals surface area contributed by atoms with Crippen LogP contribution in [-0.4, -0.2) is 18.0 Å². The fraction of sp³-hybridized carbons (Fsp3) is 0.409. The van der Waals surface area contributed by atoms with Crippen molar-refractivity contribution in [1.82, 2.24) is 5.32 Å². The molecule has 0 aromatic heterocycles. The molecule has 0 spiro atoms. The summed E-state index contributed by atoms with van der Waals surface area (Å²) in [5.41, 5.74) is 3.71. The number of hydrogen-bond donors (Lipinski definition) is 2. The lowest BCUT2D eigenvalue weighted by atomic mass is 9.97. The van der Waals surface area contributed by atoms with Crippen molar-refractivity contribution in [2.24, 2.45) is 0 Å². The average Bonchev–Trinajstić information content (AvgIpc) is 3.14. The van der Waals surface area contributed by atoms with Crippen molar-refractivity contribution in [3.8, 4) is 0 Å². The summed E-state index contributed by atoms with van der Waals surface area (Å²) in [6, 6.07) is 19.5. The summed E-state index contributed by atoms with van der Waals surface area (Å²) < 4.78 is 0. The maximum Gasteiger partial charge on any atom is 0.278 e. The minimum absolute atomic E-state index is 0.118. The standard InChI is InChI=1S/C22H28N2O/c1-16-12-14-19(15-13-16)21(18-8-4-3-5-9-18)23-17(2)22(25)24-20-10-6-7-11-20/h3-5,8-9,12-15,17,20-21,23H,6-7,10-11H2,1-2H3,(H,24,25)/p+1/t17-,21-/m1/s1. The summed E-state index contributed by atoms with van der Waals surface area (Å²) in [5.74, 6) is 0.153. The first-order valence-corrected chi connectivity index (χ1v) is 9.40. The number of benzene rings is 2. The zero-order valence-corrected chi connectivity index (χ0v) is 15.2. The van der Waals surface area contributed by atoms with E-state index < -0.39 is 0 Å². The first-order valence-electron chi connectivity index (χ1n) is 9.40. The number of hydrogen-bond acceptors (Lipinski definition) is 1. The van der Waals surface area contributed by atoms with Gasteiger partial charge in [0, 0.05) is 17.2 Å².